The number of hydrogen-bond donors (Lipinski definition) is 1. The van der Waals surface area contributed by atoms with Gasteiger partial charge in [-0.2, -0.15) is 0 Å². The lowest BCUT2D eigenvalue weighted by atomic mass is 9.86. The van der Waals surface area contributed by atoms with E-state index in [9.17, 15) is 9.59 Å². The first-order chi connectivity index (χ1) is 8.80. The molecule has 19 heavy (non-hydrogen) atoms. The van der Waals surface area contributed by atoms with Gasteiger partial charge in [0, 0.05) is 12.0 Å². The van der Waals surface area contributed by atoms with Crippen molar-refractivity contribution >= 4 is 11.9 Å². The fourth-order valence-corrected chi connectivity index (χ4v) is 2.77. The second-order valence-corrected chi connectivity index (χ2v) is 6.59. The van der Waals surface area contributed by atoms with Gasteiger partial charge >= 0.3 is 5.97 Å². The zero-order chi connectivity index (χ0) is 14.5. The summed E-state index contributed by atoms with van der Waals surface area (Å²) in [6.07, 6.45) is 7.70. The smallest absolute Gasteiger partial charge is 0.323 e. The standard InChI is InChI=1S/C15H27NO3/c1-15(2,3)16(11-14(18)19)13(17)10-9-12-7-5-4-6-8-12/h12H,4-11H2,1-3H3,(H,18,19). The van der Waals surface area contributed by atoms with Gasteiger partial charge in [0.15, 0.2) is 0 Å². The summed E-state index contributed by atoms with van der Waals surface area (Å²) in [6.45, 7) is 5.45. The van der Waals surface area contributed by atoms with Crippen LogP contribution in [0.5, 0.6) is 0 Å². The maximum absolute atomic E-state index is 12.2. The highest BCUT2D eigenvalue weighted by Gasteiger charge is 2.28. The number of aliphatic carboxylic acids is 1. The zero-order valence-corrected chi connectivity index (χ0v) is 12.4. The first kappa shape index (κ1) is 16.0. The summed E-state index contributed by atoms with van der Waals surface area (Å²) in [5, 5.41) is 8.92. The van der Waals surface area contributed by atoms with Crippen LogP contribution in [-0.4, -0.2) is 34.0 Å². The van der Waals surface area contributed by atoms with Crippen LogP contribution in [-0.2, 0) is 9.59 Å². The molecule has 1 N–H and O–H groups in total. The lowest BCUT2D eigenvalue weighted by molar-refractivity contribution is -0.148. The number of rotatable bonds is 5. The summed E-state index contributed by atoms with van der Waals surface area (Å²) in [4.78, 5) is 24.6. The van der Waals surface area contributed by atoms with Crippen molar-refractivity contribution in [3.63, 3.8) is 0 Å². The van der Waals surface area contributed by atoms with Crippen LogP contribution in [0.3, 0.4) is 0 Å². The fourth-order valence-electron chi connectivity index (χ4n) is 2.77. The average Bonchev–Trinajstić information content (AvgIpc) is 2.33. The Labute approximate surface area is 116 Å². The Morgan fingerprint density at radius 1 is 1.16 bits per heavy atom. The Morgan fingerprint density at radius 3 is 2.21 bits per heavy atom. The van der Waals surface area contributed by atoms with E-state index in [4.69, 9.17) is 5.11 Å². The molecule has 1 saturated carbocycles. The molecule has 4 nitrogen and oxygen atoms in total. The van der Waals surface area contributed by atoms with Gasteiger partial charge in [-0.25, -0.2) is 0 Å². The minimum absolute atomic E-state index is 0.0273. The number of carbonyl (C=O) groups excluding carboxylic acids is 1. The number of nitrogens with zero attached hydrogens (tertiary/aromatic N) is 1. The summed E-state index contributed by atoms with van der Waals surface area (Å²) in [6, 6.07) is 0. The van der Waals surface area contributed by atoms with Crippen molar-refractivity contribution in [2.45, 2.75) is 71.3 Å². The van der Waals surface area contributed by atoms with Gasteiger partial charge in [-0.3, -0.25) is 9.59 Å². The molecule has 0 aliphatic heterocycles. The fraction of sp³-hybridized carbons (Fsp3) is 0.867. The van der Waals surface area contributed by atoms with Crippen molar-refractivity contribution < 1.29 is 14.7 Å². The maximum atomic E-state index is 12.2. The van der Waals surface area contributed by atoms with E-state index in [1.807, 2.05) is 20.8 Å². The van der Waals surface area contributed by atoms with Crippen LogP contribution in [0.15, 0.2) is 0 Å². The Bertz CT molecular complexity index is 314. The third-order valence-corrected chi connectivity index (χ3v) is 3.90. The minimum Gasteiger partial charge on any atom is -0.480 e. The number of hydrogen-bond acceptors (Lipinski definition) is 2. The zero-order valence-electron chi connectivity index (χ0n) is 12.4. The van der Waals surface area contributed by atoms with Crippen LogP contribution in [0, 0.1) is 5.92 Å². The van der Waals surface area contributed by atoms with E-state index in [0.29, 0.717) is 12.3 Å². The number of carbonyl (C=O) groups is 2. The predicted molar refractivity (Wildman–Crippen MR) is 74.9 cm³/mol. The van der Waals surface area contributed by atoms with E-state index < -0.39 is 11.5 Å². The maximum Gasteiger partial charge on any atom is 0.323 e. The lowest BCUT2D eigenvalue weighted by Gasteiger charge is -2.35. The summed E-state index contributed by atoms with van der Waals surface area (Å²) < 4.78 is 0. The Morgan fingerprint density at radius 2 is 1.74 bits per heavy atom. The molecule has 0 aromatic rings. The highest BCUT2D eigenvalue weighted by Crippen LogP contribution is 2.28. The topological polar surface area (TPSA) is 57.6 Å². The van der Waals surface area contributed by atoms with Gasteiger partial charge in [0.25, 0.3) is 0 Å². The highest BCUT2D eigenvalue weighted by atomic mass is 16.4. The lowest BCUT2D eigenvalue weighted by Crippen LogP contribution is -2.48. The molecule has 0 atom stereocenters. The molecule has 4 heteroatoms. The second-order valence-electron chi connectivity index (χ2n) is 6.59. The van der Waals surface area contributed by atoms with E-state index in [1.165, 1.54) is 37.0 Å². The van der Waals surface area contributed by atoms with Gasteiger partial charge in [-0.15, -0.1) is 0 Å². The van der Waals surface area contributed by atoms with E-state index in [2.05, 4.69) is 0 Å². The van der Waals surface area contributed by atoms with Crippen LogP contribution < -0.4 is 0 Å². The molecule has 1 aliphatic rings. The summed E-state index contributed by atoms with van der Waals surface area (Å²) in [5.41, 5.74) is -0.429. The van der Waals surface area contributed by atoms with Crippen LogP contribution in [0.2, 0.25) is 0 Å². The van der Waals surface area contributed by atoms with Crippen molar-refractivity contribution in [3.8, 4) is 0 Å². The molecular weight excluding hydrogens is 242 g/mol. The Balaban J connectivity index is 2.49. The molecule has 0 saturated heterocycles. The van der Waals surface area contributed by atoms with Crippen LogP contribution >= 0.6 is 0 Å². The molecule has 110 valence electrons. The Kier molecular flexibility index (Phi) is 5.83. The van der Waals surface area contributed by atoms with Crippen LogP contribution in [0.1, 0.15) is 65.7 Å². The number of carboxylic acid groups (broad SMARTS) is 1. The molecule has 0 aromatic heterocycles. The molecule has 1 aliphatic carbocycles. The van der Waals surface area contributed by atoms with Crippen LogP contribution in [0.4, 0.5) is 0 Å². The van der Waals surface area contributed by atoms with Gasteiger partial charge in [0.05, 0.1) is 0 Å². The first-order valence-corrected chi connectivity index (χ1v) is 7.33. The van der Waals surface area contributed by atoms with Crippen molar-refractivity contribution in [2.75, 3.05) is 6.54 Å². The van der Waals surface area contributed by atoms with E-state index >= 15 is 0 Å². The molecule has 1 amide bonds. The van der Waals surface area contributed by atoms with E-state index in [-0.39, 0.29) is 12.5 Å². The predicted octanol–water partition coefficient (Wildman–Crippen LogP) is 3.06. The monoisotopic (exact) mass is 269 g/mol. The largest absolute Gasteiger partial charge is 0.480 e. The van der Waals surface area contributed by atoms with Crippen molar-refractivity contribution in [1.82, 2.24) is 4.90 Å². The molecular formula is C15H27NO3. The minimum atomic E-state index is -0.944. The molecule has 0 radical (unpaired) electrons. The quantitative estimate of drug-likeness (QED) is 0.834. The normalized spacial score (nSPS) is 17.2. The van der Waals surface area contributed by atoms with E-state index in [0.717, 1.165) is 6.42 Å². The molecule has 0 aromatic carbocycles. The number of amides is 1. The molecule has 0 unspecified atom stereocenters. The molecule has 0 bridgehead atoms. The van der Waals surface area contributed by atoms with Gasteiger partial charge in [0.1, 0.15) is 6.54 Å². The van der Waals surface area contributed by atoms with Crippen molar-refractivity contribution in [3.05, 3.63) is 0 Å². The van der Waals surface area contributed by atoms with Crippen LogP contribution in [0.25, 0.3) is 0 Å². The third kappa shape index (κ3) is 5.62. The number of carboxylic acids is 1. The van der Waals surface area contributed by atoms with Gasteiger partial charge in [0.2, 0.25) is 5.91 Å². The van der Waals surface area contributed by atoms with E-state index in [1.54, 1.807) is 0 Å². The molecule has 1 rings (SSSR count). The molecule has 0 spiro atoms. The summed E-state index contributed by atoms with van der Waals surface area (Å²) in [7, 11) is 0. The summed E-state index contributed by atoms with van der Waals surface area (Å²) >= 11 is 0. The molecule has 0 heterocycles. The molecule has 1 fully saturated rings. The second kappa shape index (κ2) is 6.92. The third-order valence-electron chi connectivity index (χ3n) is 3.90. The SMILES string of the molecule is CC(C)(C)N(CC(=O)O)C(=O)CCC1CCCCC1. The van der Waals surface area contributed by atoms with Gasteiger partial charge < -0.3 is 10.0 Å². The van der Waals surface area contributed by atoms with Crippen molar-refractivity contribution in [1.29, 1.82) is 0 Å². The summed E-state index contributed by atoms with van der Waals surface area (Å²) in [5.74, 6) is -0.314. The van der Waals surface area contributed by atoms with Gasteiger partial charge in [-0.1, -0.05) is 32.1 Å². The first-order valence-electron chi connectivity index (χ1n) is 7.33. The highest BCUT2D eigenvalue weighted by molar-refractivity contribution is 5.82. The van der Waals surface area contributed by atoms with Gasteiger partial charge in [-0.05, 0) is 33.1 Å². The Hall–Kier alpha value is -1.06. The van der Waals surface area contributed by atoms with Crippen molar-refractivity contribution in [2.24, 2.45) is 5.92 Å². The average molecular weight is 269 g/mol.